The zero-order chi connectivity index (χ0) is 42.8. The summed E-state index contributed by atoms with van der Waals surface area (Å²) in [6, 6.07) is 60.4. The lowest BCUT2D eigenvalue weighted by Crippen LogP contribution is -2.02. The Hall–Kier alpha value is -8.74. The third kappa shape index (κ3) is 4.54. The Morgan fingerprint density at radius 3 is 1.23 bits per heavy atom. The van der Waals surface area contributed by atoms with Crippen LogP contribution in [0.1, 0.15) is 17.7 Å². The molecule has 0 N–H and O–H groups in total. The molecular formula is C60H34N2O4. The maximum atomic E-state index is 6.60. The minimum Gasteiger partial charge on any atom is -0.456 e. The first-order valence-electron chi connectivity index (χ1n) is 22.6. The highest BCUT2D eigenvalue weighted by Gasteiger charge is 2.23. The second-order valence-corrected chi connectivity index (χ2v) is 17.8. The van der Waals surface area contributed by atoms with Crippen LogP contribution in [0.25, 0.3) is 149 Å². The SMILES string of the molecule is C1=Cc2c(n(-c3ccc4oc5ccc6oc7ccc(-c8ccc9oc%10ccc%11oc%12ccc(-n%13c%14ccccc%14c%14ccccc%14%13)cc%12c%11c%10c9c8)cc7c6c5c4c3)c3ccccc23)CC1. The van der Waals surface area contributed by atoms with Crippen LogP contribution < -0.4 is 0 Å². The predicted octanol–water partition coefficient (Wildman–Crippen LogP) is 17.0. The zero-order valence-corrected chi connectivity index (χ0v) is 35.3. The van der Waals surface area contributed by atoms with Gasteiger partial charge in [-0.25, -0.2) is 0 Å². The van der Waals surface area contributed by atoms with E-state index in [2.05, 4.69) is 167 Å². The molecule has 0 spiro atoms. The quantitative estimate of drug-likeness (QED) is 0.178. The molecule has 6 nitrogen and oxygen atoms in total. The Bertz CT molecular complexity index is 4600. The molecule has 0 unspecified atom stereocenters. The van der Waals surface area contributed by atoms with Crippen molar-refractivity contribution in [3.8, 4) is 22.5 Å². The average Bonchev–Trinajstić information content (AvgIpc) is 4.22. The maximum absolute atomic E-state index is 6.60. The van der Waals surface area contributed by atoms with Crippen LogP contribution in [0.3, 0.4) is 0 Å². The lowest BCUT2D eigenvalue weighted by atomic mass is 9.98. The van der Waals surface area contributed by atoms with Gasteiger partial charge in [0.15, 0.2) is 0 Å². The van der Waals surface area contributed by atoms with Crippen molar-refractivity contribution in [3.63, 3.8) is 0 Å². The molecule has 1 aliphatic rings. The largest absolute Gasteiger partial charge is 0.456 e. The standard InChI is InChI=1S/C60H34N2O4/c1-5-13-45-37(9-1)38-10-2-6-14-46(38)61(45)35-19-23-51-43(31-35)59-55(65-51)27-25-53-57(59)41-29-33(17-21-49(41)63-53)34-18-22-50-42(30-34)58-54(64-50)26-28-56-60(58)44-32-36(20-24-52(44)66-56)62-47-15-7-3-11-39(47)40-12-4-8-16-48(40)62/h1-7,9-15,17-32H,8,16H2. The monoisotopic (exact) mass is 846 g/mol. The number of allylic oxidation sites excluding steroid dienone is 1. The average molecular weight is 847 g/mol. The zero-order valence-electron chi connectivity index (χ0n) is 35.3. The summed E-state index contributed by atoms with van der Waals surface area (Å²) < 4.78 is 31.2. The summed E-state index contributed by atoms with van der Waals surface area (Å²) in [4.78, 5) is 0. The number of para-hydroxylation sites is 3. The molecule has 16 rings (SSSR count). The minimum atomic E-state index is 0.828. The van der Waals surface area contributed by atoms with Crippen molar-refractivity contribution in [1.29, 1.82) is 0 Å². The van der Waals surface area contributed by atoms with Gasteiger partial charge < -0.3 is 26.8 Å². The van der Waals surface area contributed by atoms with Gasteiger partial charge >= 0.3 is 0 Å². The molecule has 6 heteroatoms. The van der Waals surface area contributed by atoms with Crippen molar-refractivity contribution in [2.75, 3.05) is 0 Å². The number of fused-ring (bicyclic) bond motifs is 20. The number of hydrogen-bond donors (Lipinski definition) is 0. The Morgan fingerprint density at radius 2 is 0.727 bits per heavy atom. The Labute approximate surface area is 374 Å². The van der Waals surface area contributed by atoms with Gasteiger partial charge in [-0.15, -0.1) is 0 Å². The van der Waals surface area contributed by atoms with Crippen LogP contribution in [-0.2, 0) is 6.42 Å². The highest BCUT2D eigenvalue weighted by Crippen LogP contribution is 2.45. The molecule has 0 atom stereocenters. The number of benzene rings is 9. The van der Waals surface area contributed by atoms with Crippen LogP contribution >= 0.6 is 0 Å². The van der Waals surface area contributed by atoms with Crippen LogP contribution in [0, 0.1) is 0 Å². The van der Waals surface area contributed by atoms with Crippen LogP contribution in [0.15, 0.2) is 194 Å². The van der Waals surface area contributed by atoms with E-state index in [4.69, 9.17) is 17.7 Å². The molecule has 6 heterocycles. The fraction of sp³-hybridized carbons (Fsp3) is 0.0333. The van der Waals surface area contributed by atoms with Crippen LogP contribution in [0.4, 0.5) is 0 Å². The normalized spacial score (nSPS) is 13.3. The van der Waals surface area contributed by atoms with Crippen molar-refractivity contribution in [2.45, 2.75) is 12.8 Å². The topological polar surface area (TPSA) is 62.4 Å². The number of rotatable bonds is 3. The third-order valence-corrected chi connectivity index (χ3v) is 14.4. The van der Waals surface area contributed by atoms with Gasteiger partial charge in [0.05, 0.1) is 16.6 Å². The molecule has 0 amide bonds. The van der Waals surface area contributed by atoms with E-state index in [0.29, 0.717) is 0 Å². The molecule has 66 heavy (non-hydrogen) atoms. The number of hydrogen-bond acceptors (Lipinski definition) is 4. The molecule has 0 fully saturated rings. The summed E-state index contributed by atoms with van der Waals surface area (Å²) in [7, 11) is 0. The van der Waals surface area contributed by atoms with E-state index in [1.807, 2.05) is 24.3 Å². The summed E-state index contributed by atoms with van der Waals surface area (Å²) in [6.07, 6.45) is 6.61. The van der Waals surface area contributed by atoms with E-state index < -0.39 is 0 Å². The summed E-state index contributed by atoms with van der Waals surface area (Å²) in [6.45, 7) is 0. The molecule has 0 radical (unpaired) electrons. The Balaban J connectivity index is 0.884. The Morgan fingerprint density at radius 1 is 0.333 bits per heavy atom. The molecule has 0 aliphatic heterocycles. The molecule has 308 valence electrons. The first-order valence-corrected chi connectivity index (χ1v) is 22.6. The van der Waals surface area contributed by atoms with Crippen molar-refractivity contribution in [3.05, 3.63) is 187 Å². The van der Waals surface area contributed by atoms with Crippen molar-refractivity contribution in [1.82, 2.24) is 9.13 Å². The third-order valence-electron chi connectivity index (χ3n) is 14.4. The van der Waals surface area contributed by atoms with Gasteiger partial charge in [-0.3, -0.25) is 0 Å². The van der Waals surface area contributed by atoms with E-state index in [9.17, 15) is 0 Å². The van der Waals surface area contributed by atoms with Crippen LogP contribution in [0.2, 0.25) is 0 Å². The number of aromatic nitrogens is 2. The highest BCUT2D eigenvalue weighted by atomic mass is 16.3. The highest BCUT2D eigenvalue weighted by molar-refractivity contribution is 6.28. The van der Waals surface area contributed by atoms with Crippen molar-refractivity contribution >= 4 is 127 Å². The smallest absolute Gasteiger partial charge is 0.136 e. The van der Waals surface area contributed by atoms with Crippen molar-refractivity contribution < 1.29 is 17.7 Å². The summed E-state index contributed by atoms with van der Waals surface area (Å²) in [5.74, 6) is 0. The summed E-state index contributed by atoms with van der Waals surface area (Å²) in [5, 5.41) is 12.2. The van der Waals surface area contributed by atoms with Gasteiger partial charge in [-0.05, 0) is 127 Å². The van der Waals surface area contributed by atoms with E-state index >= 15 is 0 Å². The summed E-state index contributed by atoms with van der Waals surface area (Å²) >= 11 is 0. The van der Waals surface area contributed by atoms with Gasteiger partial charge in [-0.1, -0.05) is 78.9 Å². The van der Waals surface area contributed by atoms with Gasteiger partial charge in [0.1, 0.15) is 44.7 Å². The van der Waals surface area contributed by atoms with Gasteiger partial charge in [0.25, 0.3) is 0 Å². The Kier molecular flexibility index (Phi) is 6.57. The van der Waals surface area contributed by atoms with E-state index in [-0.39, 0.29) is 0 Å². The van der Waals surface area contributed by atoms with Crippen molar-refractivity contribution in [2.24, 2.45) is 0 Å². The first-order chi connectivity index (χ1) is 32.7. The maximum Gasteiger partial charge on any atom is 0.136 e. The fourth-order valence-corrected chi connectivity index (χ4v) is 11.6. The molecule has 9 aromatic carbocycles. The van der Waals surface area contributed by atoms with Crippen LogP contribution in [0.5, 0.6) is 0 Å². The predicted molar refractivity (Wildman–Crippen MR) is 270 cm³/mol. The van der Waals surface area contributed by atoms with E-state index in [0.717, 1.165) is 123 Å². The molecule has 1 aliphatic carbocycles. The molecule has 6 aromatic heterocycles. The van der Waals surface area contributed by atoms with Gasteiger partial charge in [-0.2, -0.15) is 0 Å². The summed E-state index contributed by atoms with van der Waals surface area (Å²) in [5.41, 5.74) is 17.3. The van der Waals surface area contributed by atoms with E-state index in [1.165, 1.54) is 44.0 Å². The molecule has 0 saturated carbocycles. The second kappa shape index (κ2) is 12.5. The lowest BCUT2D eigenvalue weighted by molar-refractivity contribution is 0.663. The molecule has 15 aromatic rings. The first kappa shape index (κ1) is 34.7. The van der Waals surface area contributed by atoms with E-state index in [1.54, 1.807) is 0 Å². The fourth-order valence-electron chi connectivity index (χ4n) is 11.6. The number of nitrogens with zero attached hydrogens (tertiary/aromatic N) is 2. The number of furan rings is 4. The van der Waals surface area contributed by atoms with Gasteiger partial charge in [0, 0.05) is 81.9 Å². The lowest BCUT2D eigenvalue weighted by Gasteiger charge is -2.13. The van der Waals surface area contributed by atoms with Crippen LogP contribution in [-0.4, -0.2) is 9.13 Å². The second-order valence-electron chi connectivity index (χ2n) is 17.8. The molecule has 0 saturated heterocycles. The van der Waals surface area contributed by atoms with Gasteiger partial charge in [0.2, 0.25) is 0 Å². The minimum absolute atomic E-state index is 0.828. The molecular weight excluding hydrogens is 813 g/mol. The molecule has 0 bridgehead atoms.